The standard InChI is InChI=1S/C10H10N4O3S2/c1-7(15)12-8-4-2-3-5-9(8)19(16,17)14-10-13-11-6-18-10/h2-6H,1H3,(H,12,15)(H,13,14). The van der Waals surface area contributed by atoms with E-state index in [1.165, 1.54) is 24.6 Å². The number of sulfonamides is 1. The maximum atomic E-state index is 12.2. The van der Waals surface area contributed by atoms with Crippen LogP contribution in [0.3, 0.4) is 0 Å². The predicted molar refractivity (Wildman–Crippen MR) is 71.5 cm³/mol. The van der Waals surface area contributed by atoms with Crippen LogP contribution >= 0.6 is 11.3 Å². The first-order valence-electron chi connectivity index (χ1n) is 5.14. The molecule has 2 N–H and O–H groups in total. The molecule has 0 atom stereocenters. The summed E-state index contributed by atoms with van der Waals surface area (Å²) < 4.78 is 26.7. The van der Waals surface area contributed by atoms with Crippen LogP contribution in [0, 0.1) is 0 Å². The number of nitrogens with zero attached hydrogens (tertiary/aromatic N) is 2. The second-order valence-electron chi connectivity index (χ2n) is 3.53. The molecule has 1 amide bonds. The van der Waals surface area contributed by atoms with Crippen molar-refractivity contribution in [2.75, 3.05) is 10.0 Å². The van der Waals surface area contributed by atoms with Crippen molar-refractivity contribution in [2.24, 2.45) is 0 Å². The quantitative estimate of drug-likeness (QED) is 0.886. The van der Waals surface area contributed by atoms with E-state index >= 15 is 0 Å². The largest absolute Gasteiger partial charge is 0.325 e. The first-order valence-corrected chi connectivity index (χ1v) is 7.51. The molecular weight excluding hydrogens is 288 g/mol. The fraction of sp³-hybridized carbons (Fsp3) is 0.100. The number of para-hydroxylation sites is 1. The molecule has 0 bridgehead atoms. The molecule has 1 aromatic carbocycles. The maximum Gasteiger partial charge on any atom is 0.265 e. The molecule has 7 nitrogen and oxygen atoms in total. The van der Waals surface area contributed by atoms with Crippen molar-refractivity contribution in [3.05, 3.63) is 29.8 Å². The highest BCUT2D eigenvalue weighted by atomic mass is 32.2. The van der Waals surface area contributed by atoms with Crippen LogP contribution in [-0.4, -0.2) is 24.5 Å². The van der Waals surface area contributed by atoms with Gasteiger partial charge in [-0.25, -0.2) is 8.42 Å². The summed E-state index contributed by atoms with van der Waals surface area (Å²) in [4.78, 5) is 11.0. The molecule has 2 rings (SSSR count). The monoisotopic (exact) mass is 298 g/mol. The Morgan fingerprint density at radius 3 is 2.68 bits per heavy atom. The summed E-state index contributed by atoms with van der Waals surface area (Å²) in [6, 6.07) is 6.11. The summed E-state index contributed by atoms with van der Waals surface area (Å²) in [7, 11) is -3.82. The minimum absolute atomic E-state index is 0.0274. The molecular formula is C10H10N4O3S2. The summed E-state index contributed by atoms with van der Waals surface area (Å²) in [5.74, 6) is -0.349. The zero-order valence-electron chi connectivity index (χ0n) is 9.82. The average molecular weight is 298 g/mol. The lowest BCUT2D eigenvalue weighted by Crippen LogP contribution is -2.16. The first-order chi connectivity index (χ1) is 8.99. The third-order valence-corrected chi connectivity index (χ3v) is 4.20. The van der Waals surface area contributed by atoms with Gasteiger partial charge in [-0.05, 0) is 12.1 Å². The Labute approximate surface area is 113 Å². The topological polar surface area (TPSA) is 101 Å². The van der Waals surface area contributed by atoms with E-state index in [0.717, 1.165) is 11.3 Å². The second-order valence-corrected chi connectivity index (χ2v) is 6.01. The van der Waals surface area contributed by atoms with E-state index in [1.54, 1.807) is 12.1 Å². The summed E-state index contributed by atoms with van der Waals surface area (Å²) in [6.07, 6.45) is 0. The maximum absolute atomic E-state index is 12.2. The van der Waals surface area contributed by atoms with E-state index in [0.29, 0.717) is 0 Å². The molecule has 100 valence electrons. The van der Waals surface area contributed by atoms with Crippen LogP contribution in [0.25, 0.3) is 0 Å². The molecule has 9 heteroatoms. The van der Waals surface area contributed by atoms with E-state index < -0.39 is 10.0 Å². The van der Waals surface area contributed by atoms with Gasteiger partial charge >= 0.3 is 0 Å². The molecule has 0 unspecified atom stereocenters. The fourth-order valence-corrected chi connectivity index (χ4v) is 3.24. The van der Waals surface area contributed by atoms with Crippen molar-refractivity contribution < 1.29 is 13.2 Å². The molecule has 0 saturated carbocycles. The predicted octanol–water partition coefficient (Wildman–Crippen LogP) is 1.30. The van der Waals surface area contributed by atoms with Crippen molar-refractivity contribution in [3.63, 3.8) is 0 Å². The number of benzene rings is 1. The Hall–Kier alpha value is -2.00. The minimum Gasteiger partial charge on any atom is -0.325 e. The molecule has 0 fully saturated rings. The number of rotatable bonds is 4. The fourth-order valence-electron chi connectivity index (χ4n) is 1.38. The van der Waals surface area contributed by atoms with Crippen LogP contribution < -0.4 is 10.0 Å². The van der Waals surface area contributed by atoms with Gasteiger partial charge in [-0.3, -0.25) is 9.52 Å². The molecule has 0 aliphatic rings. The zero-order valence-corrected chi connectivity index (χ0v) is 11.5. The van der Waals surface area contributed by atoms with Gasteiger partial charge in [-0.2, -0.15) is 0 Å². The van der Waals surface area contributed by atoms with Gasteiger partial charge in [-0.1, -0.05) is 23.5 Å². The summed E-state index contributed by atoms with van der Waals surface area (Å²) in [5.41, 5.74) is 1.63. The van der Waals surface area contributed by atoms with Crippen LogP contribution in [0.4, 0.5) is 10.8 Å². The van der Waals surface area contributed by atoms with Gasteiger partial charge in [-0.15, -0.1) is 10.2 Å². The number of aromatic nitrogens is 2. The van der Waals surface area contributed by atoms with E-state index in [9.17, 15) is 13.2 Å². The van der Waals surface area contributed by atoms with Crippen molar-refractivity contribution >= 4 is 38.1 Å². The molecule has 0 radical (unpaired) electrons. The summed E-state index contributed by atoms with van der Waals surface area (Å²) in [5, 5.41) is 9.78. The van der Waals surface area contributed by atoms with Crippen molar-refractivity contribution in [1.82, 2.24) is 10.2 Å². The molecule has 0 aliphatic heterocycles. The number of carbonyl (C=O) groups excluding carboxylic acids is 1. The van der Waals surface area contributed by atoms with Gasteiger partial charge in [0.05, 0.1) is 5.69 Å². The Kier molecular flexibility index (Phi) is 3.76. The second kappa shape index (κ2) is 5.33. The van der Waals surface area contributed by atoms with Gasteiger partial charge in [0.1, 0.15) is 10.4 Å². The van der Waals surface area contributed by atoms with Crippen LogP contribution in [-0.2, 0) is 14.8 Å². The van der Waals surface area contributed by atoms with E-state index in [-0.39, 0.29) is 21.6 Å². The van der Waals surface area contributed by atoms with Crippen LogP contribution in [0.15, 0.2) is 34.7 Å². The van der Waals surface area contributed by atoms with Gasteiger partial charge in [0.25, 0.3) is 10.0 Å². The van der Waals surface area contributed by atoms with Gasteiger partial charge in [0.2, 0.25) is 11.0 Å². The first kappa shape index (κ1) is 13.4. The van der Waals surface area contributed by atoms with Crippen molar-refractivity contribution in [3.8, 4) is 0 Å². The smallest absolute Gasteiger partial charge is 0.265 e. The highest BCUT2D eigenvalue weighted by molar-refractivity contribution is 7.93. The number of hydrogen-bond donors (Lipinski definition) is 2. The third kappa shape index (κ3) is 3.26. The van der Waals surface area contributed by atoms with Gasteiger partial charge in [0.15, 0.2) is 0 Å². The lowest BCUT2D eigenvalue weighted by Gasteiger charge is -2.10. The zero-order chi connectivity index (χ0) is 13.9. The Morgan fingerprint density at radius 1 is 1.32 bits per heavy atom. The number of anilines is 2. The molecule has 0 saturated heterocycles. The van der Waals surface area contributed by atoms with Gasteiger partial charge < -0.3 is 5.32 Å². The van der Waals surface area contributed by atoms with E-state index in [1.807, 2.05) is 0 Å². The molecule has 19 heavy (non-hydrogen) atoms. The highest BCUT2D eigenvalue weighted by Crippen LogP contribution is 2.23. The lowest BCUT2D eigenvalue weighted by molar-refractivity contribution is -0.114. The number of nitrogens with one attached hydrogen (secondary N) is 2. The number of amides is 1. The third-order valence-electron chi connectivity index (χ3n) is 2.07. The van der Waals surface area contributed by atoms with E-state index in [2.05, 4.69) is 20.2 Å². The molecule has 2 aromatic rings. The number of carbonyl (C=O) groups is 1. The lowest BCUT2D eigenvalue weighted by atomic mass is 10.3. The Morgan fingerprint density at radius 2 is 2.05 bits per heavy atom. The molecule has 1 heterocycles. The van der Waals surface area contributed by atoms with Crippen LogP contribution in [0.1, 0.15) is 6.92 Å². The summed E-state index contributed by atoms with van der Waals surface area (Å²) in [6.45, 7) is 1.31. The molecule has 0 spiro atoms. The average Bonchev–Trinajstić information content (AvgIpc) is 2.80. The SMILES string of the molecule is CC(=O)Nc1ccccc1S(=O)(=O)Nc1nncs1. The minimum atomic E-state index is -3.82. The Bertz CT molecular complexity index is 683. The molecule has 0 aliphatic carbocycles. The van der Waals surface area contributed by atoms with E-state index in [4.69, 9.17) is 0 Å². The van der Waals surface area contributed by atoms with Crippen LogP contribution in [0.2, 0.25) is 0 Å². The normalized spacial score (nSPS) is 11.0. The number of hydrogen-bond acceptors (Lipinski definition) is 6. The Balaban J connectivity index is 2.37. The molecule has 1 aromatic heterocycles. The van der Waals surface area contributed by atoms with Crippen molar-refractivity contribution in [1.29, 1.82) is 0 Å². The van der Waals surface area contributed by atoms with Gasteiger partial charge in [0, 0.05) is 6.92 Å². The highest BCUT2D eigenvalue weighted by Gasteiger charge is 2.20. The van der Waals surface area contributed by atoms with Crippen LogP contribution in [0.5, 0.6) is 0 Å². The van der Waals surface area contributed by atoms with Crippen molar-refractivity contribution in [2.45, 2.75) is 11.8 Å². The summed E-state index contributed by atoms with van der Waals surface area (Å²) >= 11 is 1.06.